The van der Waals surface area contributed by atoms with E-state index in [9.17, 15) is 0 Å². The maximum Gasteiger partial charge on any atom is 0.127 e. The molecule has 2 N–H and O–H groups in total. The molecule has 0 saturated carbocycles. The molecule has 2 aromatic carbocycles. The second-order valence-electron chi connectivity index (χ2n) is 5.52. The summed E-state index contributed by atoms with van der Waals surface area (Å²) in [6.45, 7) is 0.997. The van der Waals surface area contributed by atoms with E-state index in [1.807, 2.05) is 12.1 Å². The summed E-state index contributed by atoms with van der Waals surface area (Å²) in [4.78, 5) is 0. The molecule has 104 valence electrons. The van der Waals surface area contributed by atoms with Gasteiger partial charge in [0.1, 0.15) is 12.3 Å². The van der Waals surface area contributed by atoms with Crippen LogP contribution in [-0.2, 0) is 19.4 Å². The topological polar surface area (TPSA) is 25.8 Å². The second kappa shape index (κ2) is 6.10. The van der Waals surface area contributed by atoms with E-state index in [0.717, 1.165) is 12.3 Å². The van der Waals surface area contributed by atoms with Gasteiger partial charge in [-0.2, -0.15) is 0 Å². The largest absolute Gasteiger partial charge is 0.496 e. The minimum Gasteiger partial charge on any atom is -0.496 e. The van der Waals surface area contributed by atoms with Crippen molar-refractivity contribution in [2.75, 3.05) is 7.11 Å². The highest BCUT2D eigenvalue weighted by Gasteiger charge is 2.20. The molecule has 1 atom stereocenters. The van der Waals surface area contributed by atoms with Gasteiger partial charge in [0.2, 0.25) is 0 Å². The quantitative estimate of drug-likeness (QED) is 0.905. The van der Waals surface area contributed by atoms with Crippen LogP contribution in [0.5, 0.6) is 5.75 Å². The van der Waals surface area contributed by atoms with Crippen molar-refractivity contribution in [2.45, 2.75) is 31.8 Å². The molecule has 1 aliphatic carbocycles. The van der Waals surface area contributed by atoms with Crippen molar-refractivity contribution in [3.05, 3.63) is 65.2 Å². The SMILES string of the molecule is COc1ccccc1C[NH2+][C@H]1CCc2ccccc2C1. The first-order valence-electron chi connectivity index (χ1n) is 7.39. The number of methoxy groups -OCH3 is 1. The number of rotatable bonds is 4. The maximum atomic E-state index is 5.42. The van der Waals surface area contributed by atoms with Gasteiger partial charge in [-0.15, -0.1) is 0 Å². The molecule has 0 bridgehead atoms. The highest BCUT2D eigenvalue weighted by Crippen LogP contribution is 2.20. The van der Waals surface area contributed by atoms with Gasteiger partial charge in [-0.1, -0.05) is 36.4 Å². The molecular formula is C18H22NO+. The highest BCUT2D eigenvalue weighted by atomic mass is 16.5. The fourth-order valence-electron chi connectivity index (χ4n) is 3.09. The van der Waals surface area contributed by atoms with Gasteiger partial charge in [0.25, 0.3) is 0 Å². The molecule has 2 heteroatoms. The van der Waals surface area contributed by atoms with Crippen LogP contribution in [0.4, 0.5) is 0 Å². The maximum absolute atomic E-state index is 5.42. The molecule has 0 saturated heterocycles. The Hall–Kier alpha value is -1.80. The van der Waals surface area contributed by atoms with Crippen molar-refractivity contribution in [2.24, 2.45) is 0 Å². The van der Waals surface area contributed by atoms with Crippen LogP contribution in [0.25, 0.3) is 0 Å². The molecule has 0 fully saturated rings. The molecule has 0 spiro atoms. The first-order valence-corrected chi connectivity index (χ1v) is 7.39. The van der Waals surface area contributed by atoms with Gasteiger partial charge in [-0.25, -0.2) is 0 Å². The summed E-state index contributed by atoms with van der Waals surface area (Å²) in [5, 5.41) is 2.47. The lowest BCUT2D eigenvalue weighted by molar-refractivity contribution is -0.705. The first-order chi connectivity index (χ1) is 9.86. The van der Waals surface area contributed by atoms with Gasteiger partial charge in [-0.3, -0.25) is 0 Å². The van der Waals surface area contributed by atoms with E-state index in [4.69, 9.17) is 4.74 Å². The molecule has 0 aromatic heterocycles. The number of ether oxygens (including phenoxy) is 1. The van der Waals surface area contributed by atoms with Gasteiger partial charge < -0.3 is 10.1 Å². The zero-order valence-corrected chi connectivity index (χ0v) is 12.0. The number of hydrogen-bond donors (Lipinski definition) is 1. The van der Waals surface area contributed by atoms with E-state index < -0.39 is 0 Å². The number of aryl methyl sites for hydroxylation is 1. The van der Waals surface area contributed by atoms with E-state index in [2.05, 4.69) is 41.7 Å². The van der Waals surface area contributed by atoms with Crippen molar-refractivity contribution < 1.29 is 10.1 Å². The predicted octanol–water partition coefficient (Wildman–Crippen LogP) is 2.32. The monoisotopic (exact) mass is 268 g/mol. The fourth-order valence-corrected chi connectivity index (χ4v) is 3.09. The van der Waals surface area contributed by atoms with Crippen LogP contribution < -0.4 is 10.1 Å². The molecule has 0 amide bonds. The third kappa shape index (κ3) is 2.86. The summed E-state index contributed by atoms with van der Waals surface area (Å²) in [7, 11) is 1.75. The number of para-hydroxylation sites is 1. The Morgan fingerprint density at radius 1 is 1.05 bits per heavy atom. The summed E-state index contributed by atoms with van der Waals surface area (Å²) in [5.41, 5.74) is 4.35. The molecule has 20 heavy (non-hydrogen) atoms. The molecule has 0 radical (unpaired) electrons. The lowest BCUT2D eigenvalue weighted by Gasteiger charge is -2.23. The van der Waals surface area contributed by atoms with E-state index in [-0.39, 0.29) is 0 Å². The Morgan fingerprint density at radius 2 is 1.80 bits per heavy atom. The average Bonchev–Trinajstić information content (AvgIpc) is 2.53. The van der Waals surface area contributed by atoms with Crippen LogP contribution in [-0.4, -0.2) is 13.2 Å². The third-order valence-corrected chi connectivity index (χ3v) is 4.25. The van der Waals surface area contributed by atoms with E-state index >= 15 is 0 Å². The lowest BCUT2D eigenvalue weighted by Crippen LogP contribution is -2.89. The summed E-state index contributed by atoms with van der Waals surface area (Å²) in [6, 6.07) is 17.9. The summed E-state index contributed by atoms with van der Waals surface area (Å²) >= 11 is 0. The van der Waals surface area contributed by atoms with Gasteiger partial charge in [0.15, 0.2) is 0 Å². The standard InChI is InChI=1S/C18H21NO/c1-20-18-9-5-4-8-16(18)13-19-17-11-10-14-6-2-3-7-15(14)12-17/h2-9,17,19H,10-13H2,1H3/p+1/t17-/m0/s1. The Balaban J connectivity index is 1.63. The summed E-state index contributed by atoms with van der Waals surface area (Å²) < 4.78 is 5.42. The van der Waals surface area contributed by atoms with Gasteiger partial charge in [0, 0.05) is 18.4 Å². The average molecular weight is 268 g/mol. The van der Waals surface area contributed by atoms with Crippen molar-refractivity contribution >= 4 is 0 Å². The molecule has 3 rings (SSSR count). The summed E-state index contributed by atoms with van der Waals surface area (Å²) in [5.74, 6) is 1.000. The first kappa shape index (κ1) is 13.2. The number of fused-ring (bicyclic) bond motifs is 1. The predicted molar refractivity (Wildman–Crippen MR) is 80.9 cm³/mol. The van der Waals surface area contributed by atoms with E-state index in [1.165, 1.54) is 36.0 Å². The van der Waals surface area contributed by atoms with Crippen molar-refractivity contribution in [1.82, 2.24) is 0 Å². The molecule has 2 nitrogen and oxygen atoms in total. The smallest absolute Gasteiger partial charge is 0.127 e. The van der Waals surface area contributed by atoms with Gasteiger partial charge in [-0.05, 0) is 29.7 Å². The number of hydrogen-bond acceptors (Lipinski definition) is 1. The summed E-state index contributed by atoms with van der Waals surface area (Å²) in [6.07, 6.45) is 3.67. The molecule has 2 aromatic rings. The Kier molecular flexibility index (Phi) is 4.03. The van der Waals surface area contributed by atoms with Crippen LogP contribution in [0.3, 0.4) is 0 Å². The Morgan fingerprint density at radius 3 is 2.65 bits per heavy atom. The Labute approximate surface area is 120 Å². The Bertz CT molecular complexity index is 579. The minimum atomic E-state index is 0.690. The van der Waals surface area contributed by atoms with Crippen molar-refractivity contribution in [1.29, 1.82) is 0 Å². The van der Waals surface area contributed by atoms with Crippen molar-refractivity contribution in [3.63, 3.8) is 0 Å². The van der Waals surface area contributed by atoms with Crippen LogP contribution >= 0.6 is 0 Å². The van der Waals surface area contributed by atoms with E-state index in [1.54, 1.807) is 7.11 Å². The lowest BCUT2D eigenvalue weighted by atomic mass is 9.88. The minimum absolute atomic E-state index is 0.690. The van der Waals surface area contributed by atoms with Crippen LogP contribution in [0, 0.1) is 0 Å². The molecule has 0 unspecified atom stereocenters. The van der Waals surface area contributed by atoms with Gasteiger partial charge in [0.05, 0.1) is 13.2 Å². The number of nitrogens with two attached hydrogens (primary N) is 1. The molecule has 0 aliphatic heterocycles. The normalized spacial score (nSPS) is 17.6. The van der Waals surface area contributed by atoms with Crippen molar-refractivity contribution in [3.8, 4) is 5.75 Å². The number of benzene rings is 2. The molecule has 0 heterocycles. The van der Waals surface area contributed by atoms with Crippen LogP contribution in [0.1, 0.15) is 23.1 Å². The fraction of sp³-hybridized carbons (Fsp3) is 0.333. The number of quaternary nitrogens is 1. The second-order valence-corrected chi connectivity index (χ2v) is 5.52. The zero-order chi connectivity index (χ0) is 13.8. The van der Waals surface area contributed by atoms with Crippen LogP contribution in [0.15, 0.2) is 48.5 Å². The molecular weight excluding hydrogens is 246 g/mol. The van der Waals surface area contributed by atoms with E-state index in [0.29, 0.717) is 6.04 Å². The van der Waals surface area contributed by atoms with Gasteiger partial charge >= 0.3 is 0 Å². The third-order valence-electron chi connectivity index (χ3n) is 4.25. The van der Waals surface area contributed by atoms with Crippen LogP contribution in [0.2, 0.25) is 0 Å². The zero-order valence-electron chi connectivity index (χ0n) is 12.0. The highest BCUT2D eigenvalue weighted by molar-refractivity contribution is 5.32. The molecule has 1 aliphatic rings.